The Hall–Kier alpha value is -1.14. The fourth-order valence-electron chi connectivity index (χ4n) is 2.65. The summed E-state index contributed by atoms with van der Waals surface area (Å²) >= 11 is 6.08. The van der Waals surface area contributed by atoms with Gasteiger partial charge < -0.3 is 20.1 Å². The summed E-state index contributed by atoms with van der Waals surface area (Å²) in [6.07, 6.45) is 1.25. The van der Waals surface area contributed by atoms with E-state index in [2.05, 4.69) is 5.32 Å². The largest absolute Gasteiger partial charge is 0.389 e. The van der Waals surface area contributed by atoms with Crippen molar-refractivity contribution in [1.29, 1.82) is 0 Å². The van der Waals surface area contributed by atoms with Crippen molar-refractivity contribution in [2.24, 2.45) is 0 Å². The summed E-state index contributed by atoms with van der Waals surface area (Å²) in [5.74, 6) is -0.0107. The molecule has 1 aromatic rings. The van der Waals surface area contributed by atoms with Gasteiger partial charge in [0.25, 0.3) is 5.91 Å². The number of aliphatic hydroxyl groups is 1. The molecule has 0 aliphatic carbocycles. The van der Waals surface area contributed by atoms with E-state index in [1.807, 2.05) is 17.0 Å². The Labute approximate surface area is 136 Å². The lowest BCUT2D eigenvalue weighted by Gasteiger charge is -2.33. The quantitative estimate of drug-likeness (QED) is 0.832. The second-order valence-corrected chi connectivity index (χ2v) is 5.97. The van der Waals surface area contributed by atoms with Gasteiger partial charge in [-0.2, -0.15) is 0 Å². The van der Waals surface area contributed by atoms with Gasteiger partial charge in [0.05, 0.1) is 23.3 Å². The highest BCUT2D eigenvalue weighted by Crippen LogP contribution is 2.19. The minimum Gasteiger partial charge on any atom is -0.389 e. The van der Waals surface area contributed by atoms with E-state index in [4.69, 9.17) is 16.3 Å². The van der Waals surface area contributed by atoms with Gasteiger partial charge in [-0.1, -0.05) is 23.7 Å². The monoisotopic (exact) mass is 326 g/mol. The van der Waals surface area contributed by atoms with E-state index in [0.717, 1.165) is 12.8 Å². The molecule has 0 saturated carbocycles. The van der Waals surface area contributed by atoms with Gasteiger partial charge in [-0.15, -0.1) is 0 Å². The Balaban J connectivity index is 1.80. The first-order valence-corrected chi connectivity index (χ1v) is 7.93. The highest BCUT2D eigenvalue weighted by Gasteiger charge is 2.24. The summed E-state index contributed by atoms with van der Waals surface area (Å²) in [6.45, 7) is 2.23. The molecule has 2 rings (SSSR count). The van der Waals surface area contributed by atoms with Crippen molar-refractivity contribution in [3.63, 3.8) is 0 Å². The van der Waals surface area contributed by atoms with Crippen LogP contribution in [0.4, 0.5) is 0 Å². The van der Waals surface area contributed by atoms with Crippen molar-refractivity contribution in [3.8, 4) is 0 Å². The number of benzene rings is 1. The SMILES string of the molecule is COC[C@@H](O)CNC1CCN(C(=O)c2ccccc2Cl)CC1. The highest BCUT2D eigenvalue weighted by molar-refractivity contribution is 6.33. The number of hydrogen-bond donors (Lipinski definition) is 2. The van der Waals surface area contributed by atoms with Crippen molar-refractivity contribution < 1.29 is 14.6 Å². The maximum absolute atomic E-state index is 12.4. The Morgan fingerprint density at radius 2 is 2.14 bits per heavy atom. The van der Waals surface area contributed by atoms with E-state index in [0.29, 0.717) is 42.9 Å². The van der Waals surface area contributed by atoms with Crippen LogP contribution >= 0.6 is 11.6 Å². The minimum absolute atomic E-state index is 0.0107. The van der Waals surface area contributed by atoms with E-state index in [1.165, 1.54) is 0 Å². The van der Waals surface area contributed by atoms with Crippen molar-refractivity contribution in [2.45, 2.75) is 25.0 Å². The van der Waals surface area contributed by atoms with E-state index in [9.17, 15) is 9.90 Å². The number of likely N-dealkylation sites (tertiary alicyclic amines) is 1. The molecule has 0 aromatic heterocycles. The van der Waals surface area contributed by atoms with Crippen LogP contribution in [-0.2, 0) is 4.74 Å². The lowest BCUT2D eigenvalue weighted by molar-refractivity contribution is 0.0577. The molecule has 1 saturated heterocycles. The number of aliphatic hydroxyl groups excluding tert-OH is 1. The van der Waals surface area contributed by atoms with Gasteiger partial charge in [0.2, 0.25) is 0 Å². The minimum atomic E-state index is -0.493. The number of nitrogens with one attached hydrogen (secondary N) is 1. The maximum Gasteiger partial charge on any atom is 0.255 e. The van der Waals surface area contributed by atoms with Crippen LogP contribution < -0.4 is 5.32 Å². The Bertz CT molecular complexity index is 490. The third-order valence-electron chi connectivity index (χ3n) is 3.89. The molecule has 0 bridgehead atoms. The zero-order valence-corrected chi connectivity index (χ0v) is 13.6. The third-order valence-corrected chi connectivity index (χ3v) is 4.22. The lowest BCUT2D eigenvalue weighted by atomic mass is 10.0. The average Bonchev–Trinajstić information content (AvgIpc) is 2.53. The molecule has 1 atom stereocenters. The van der Waals surface area contributed by atoms with Crippen LogP contribution in [0.2, 0.25) is 5.02 Å². The number of rotatable bonds is 6. The predicted octanol–water partition coefficient (Wildman–Crippen LogP) is 1.54. The summed E-state index contributed by atoms with van der Waals surface area (Å²) in [6, 6.07) is 7.46. The molecule has 1 aliphatic heterocycles. The van der Waals surface area contributed by atoms with Crippen molar-refractivity contribution in [2.75, 3.05) is 33.4 Å². The molecular formula is C16H23ClN2O3. The van der Waals surface area contributed by atoms with Crippen molar-refractivity contribution in [1.82, 2.24) is 10.2 Å². The number of nitrogens with zero attached hydrogens (tertiary/aromatic N) is 1. The highest BCUT2D eigenvalue weighted by atomic mass is 35.5. The molecule has 1 aliphatic rings. The lowest BCUT2D eigenvalue weighted by Crippen LogP contribution is -2.47. The molecule has 2 N–H and O–H groups in total. The standard InChI is InChI=1S/C16H23ClN2O3/c1-22-11-13(20)10-18-12-6-8-19(9-7-12)16(21)14-4-2-3-5-15(14)17/h2-5,12-13,18,20H,6-11H2,1H3/t13-/m0/s1. The molecule has 6 heteroatoms. The molecular weight excluding hydrogens is 304 g/mol. The summed E-state index contributed by atoms with van der Waals surface area (Å²) in [5, 5.41) is 13.5. The molecule has 0 radical (unpaired) electrons. The second-order valence-electron chi connectivity index (χ2n) is 5.56. The Morgan fingerprint density at radius 3 is 2.77 bits per heavy atom. The van der Waals surface area contributed by atoms with Crippen LogP contribution in [0.25, 0.3) is 0 Å². The molecule has 1 aromatic carbocycles. The molecule has 122 valence electrons. The van der Waals surface area contributed by atoms with Gasteiger partial charge in [0.1, 0.15) is 0 Å². The Morgan fingerprint density at radius 1 is 1.45 bits per heavy atom. The van der Waals surface area contributed by atoms with Gasteiger partial charge >= 0.3 is 0 Å². The van der Waals surface area contributed by atoms with Crippen LogP contribution in [0, 0.1) is 0 Å². The van der Waals surface area contributed by atoms with Crippen LogP contribution in [0.3, 0.4) is 0 Å². The van der Waals surface area contributed by atoms with E-state index < -0.39 is 6.10 Å². The normalized spacial score (nSPS) is 17.5. The molecule has 0 unspecified atom stereocenters. The molecule has 1 fully saturated rings. The number of ether oxygens (including phenoxy) is 1. The number of hydrogen-bond acceptors (Lipinski definition) is 4. The van der Waals surface area contributed by atoms with Gasteiger partial charge in [0, 0.05) is 32.8 Å². The number of carbonyl (C=O) groups excluding carboxylic acids is 1. The molecule has 1 amide bonds. The van der Waals surface area contributed by atoms with Gasteiger partial charge in [0.15, 0.2) is 0 Å². The third kappa shape index (κ3) is 4.68. The zero-order chi connectivity index (χ0) is 15.9. The number of methoxy groups -OCH3 is 1. The topological polar surface area (TPSA) is 61.8 Å². The van der Waals surface area contributed by atoms with Crippen LogP contribution in [0.15, 0.2) is 24.3 Å². The molecule has 0 spiro atoms. The summed E-state index contributed by atoms with van der Waals surface area (Å²) in [5.41, 5.74) is 0.561. The summed E-state index contributed by atoms with van der Waals surface area (Å²) in [7, 11) is 1.57. The van der Waals surface area contributed by atoms with Crippen molar-refractivity contribution >= 4 is 17.5 Å². The molecule has 1 heterocycles. The molecule has 22 heavy (non-hydrogen) atoms. The Kier molecular flexibility index (Phi) is 6.64. The first-order chi connectivity index (χ1) is 10.6. The van der Waals surface area contributed by atoms with Crippen LogP contribution in [0.5, 0.6) is 0 Å². The first kappa shape index (κ1) is 17.2. The summed E-state index contributed by atoms with van der Waals surface area (Å²) < 4.78 is 4.90. The van der Waals surface area contributed by atoms with Crippen molar-refractivity contribution in [3.05, 3.63) is 34.9 Å². The van der Waals surface area contributed by atoms with Crippen LogP contribution in [0.1, 0.15) is 23.2 Å². The number of piperidine rings is 1. The fraction of sp³-hybridized carbons (Fsp3) is 0.562. The number of amides is 1. The van der Waals surface area contributed by atoms with E-state index in [-0.39, 0.29) is 5.91 Å². The molecule has 5 nitrogen and oxygen atoms in total. The van der Waals surface area contributed by atoms with Gasteiger partial charge in [-0.3, -0.25) is 4.79 Å². The fourth-order valence-corrected chi connectivity index (χ4v) is 2.86. The summed E-state index contributed by atoms with van der Waals surface area (Å²) in [4.78, 5) is 14.3. The van der Waals surface area contributed by atoms with Gasteiger partial charge in [-0.25, -0.2) is 0 Å². The predicted molar refractivity (Wildman–Crippen MR) is 86.3 cm³/mol. The first-order valence-electron chi connectivity index (χ1n) is 7.56. The average molecular weight is 327 g/mol. The number of halogens is 1. The van der Waals surface area contributed by atoms with E-state index >= 15 is 0 Å². The second kappa shape index (κ2) is 8.48. The smallest absolute Gasteiger partial charge is 0.255 e. The zero-order valence-electron chi connectivity index (χ0n) is 12.8. The number of carbonyl (C=O) groups is 1. The van der Waals surface area contributed by atoms with E-state index in [1.54, 1.807) is 19.2 Å². The van der Waals surface area contributed by atoms with Crippen LogP contribution in [-0.4, -0.2) is 61.4 Å². The maximum atomic E-state index is 12.4. The van der Waals surface area contributed by atoms with Gasteiger partial charge in [-0.05, 0) is 25.0 Å².